The number of hydrogen-bond acceptors (Lipinski definition) is 4. The number of halogens is 2. The predicted octanol–water partition coefficient (Wildman–Crippen LogP) is 3.90. The Bertz CT molecular complexity index is 899. The van der Waals surface area contributed by atoms with E-state index >= 15 is 0 Å². The summed E-state index contributed by atoms with van der Waals surface area (Å²) < 4.78 is 12.9. The molecule has 1 heterocycles. The highest BCUT2D eigenvalue weighted by Gasteiger charge is 2.07. The van der Waals surface area contributed by atoms with Crippen molar-refractivity contribution in [3.05, 3.63) is 88.6 Å². The van der Waals surface area contributed by atoms with Crippen molar-refractivity contribution in [1.29, 1.82) is 0 Å². The van der Waals surface area contributed by atoms with Crippen molar-refractivity contribution >= 4 is 23.3 Å². The fraction of sp³-hybridized carbons (Fsp3) is 0.190. The SMILES string of the molecule is O=C(NCCc1ccc(F)cc1)c1cnc(NCCc2ccc(Cl)cc2)cn1. The maximum absolute atomic E-state index is 12.9. The number of amides is 1. The second kappa shape index (κ2) is 9.80. The first kappa shape index (κ1) is 19.8. The summed E-state index contributed by atoms with van der Waals surface area (Å²) in [4.78, 5) is 20.5. The Kier molecular flexibility index (Phi) is 6.92. The second-order valence-corrected chi connectivity index (χ2v) is 6.66. The number of nitrogens with one attached hydrogen (secondary N) is 2. The van der Waals surface area contributed by atoms with Crippen LogP contribution in [0.5, 0.6) is 0 Å². The van der Waals surface area contributed by atoms with Crippen molar-refractivity contribution in [3.63, 3.8) is 0 Å². The largest absolute Gasteiger partial charge is 0.368 e. The van der Waals surface area contributed by atoms with E-state index in [1.165, 1.54) is 30.1 Å². The molecule has 0 aliphatic carbocycles. The molecule has 0 atom stereocenters. The zero-order valence-electron chi connectivity index (χ0n) is 15.2. The average Bonchev–Trinajstić information content (AvgIpc) is 2.71. The molecule has 0 aliphatic heterocycles. The van der Waals surface area contributed by atoms with Crippen LogP contribution in [0.4, 0.5) is 10.2 Å². The van der Waals surface area contributed by atoms with Crippen molar-refractivity contribution in [2.45, 2.75) is 12.8 Å². The molecular formula is C21H20ClFN4O. The molecule has 3 rings (SSSR count). The number of carbonyl (C=O) groups excluding carboxylic acids is 1. The molecule has 0 radical (unpaired) electrons. The fourth-order valence-electron chi connectivity index (χ4n) is 2.58. The summed E-state index contributed by atoms with van der Waals surface area (Å²) in [6.45, 7) is 1.13. The molecule has 0 aliphatic rings. The van der Waals surface area contributed by atoms with Gasteiger partial charge in [0.2, 0.25) is 0 Å². The highest BCUT2D eigenvalue weighted by Crippen LogP contribution is 2.10. The summed E-state index contributed by atoms with van der Waals surface area (Å²) in [5.74, 6) is 0.0454. The monoisotopic (exact) mass is 398 g/mol. The maximum Gasteiger partial charge on any atom is 0.271 e. The van der Waals surface area contributed by atoms with Crippen molar-refractivity contribution in [2.75, 3.05) is 18.4 Å². The predicted molar refractivity (Wildman–Crippen MR) is 108 cm³/mol. The molecule has 5 nitrogen and oxygen atoms in total. The van der Waals surface area contributed by atoms with E-state index in [2.05, 4.69) is 20.6 Å². The lowest BCUT2D eigenvalue weighted by Crippen LogP contribution is -2.26. The van der Waals surface area contributed by atoms with Gasteiger partial charge in [-0.15, -0.1) is 0 Å². The Morgan fingerprint density at radius 2 is 1.54 bits per heavy atom. The zero-order valence-corrected chi connectivity index (χ0v) is 15.9. The van der Waals surface area contributed by atoms with E-state index in [0.717, 1.165) is 12.0 Å². The molecule has 1 amide bonds. The van der Waals surface area contributed by atoms with Crippen LogP contribution in [0.25, 0.3) is 0 Å². The van der Waals surface area contributed by atoms with Gasteiger partial charge in [0.1, 0.15) is 17.3 Å². The van der Waals surface area contributed by atoms with Gasteiger partial charge in [0.05, 0.1) is 12.4 Å². The topological polar surface area (TPSA) is 66.9 Å². The Morgan fingerprint density at radius 1 is 0.893 bits per heavy atom. The van der Waals surface area contributed by atoms with E-state index < -0.39 is 0 Å². The summed E-state index contributed by atoms with van der Waals surface area (Å²) in [5.41, 5.74) is 2.37. The minimum Gasteiger partial charge on any atom is -0.368 e. The molecule has 0 fully saturated rings. The van der Waals surface area contributed by atoms with Crippen LogP contribution in [0.2, 0.25) is 5.02 Å². The highest BCUT2D eigenvalue weighted by molar-refractivity contribution is 6.30. The van der Waals surface area contributed by atoms with Crippen molar-refractivity contribution in [2.24, 2.45) is 0 Å². The molecule has 144 valence electrons. The highest BCUT2D eigenvalue weighted by atomic mass is 35.5. The van der Waals surface area contributed by atoms with Gasteiger partial charge in [-0.1, -0.05) is 35.9 Å². The van der Waals surface area contributed by atoms with Crippen LogP contribution in [-0.4, -0.2) is 29.0 Å². The molecule has 1 aromatic heterocycles. The third kappa shape index (κ3) is 6.03. The average molecular weight is 399 g/mol. The molecule has 0 saturated carbocycles. The van der Waals surface area contributed by atoms with Gasteiger partial charge in [-0.05, 0) is 48.2 Å². The van der Waals surface area contributed by atoms with Gasteiger partial charge in [-0.25, -0.2) is 14.4 Å². The molecule has 7 heteroatoms. The Labute approximate surface area is 168 Å². The summed E-state index contributed by atoms with van der Waals surface area (Å²) in [7, 11) is 0. The first-order valence-electron chi connectivity index (χ1n) is 8.93. The van der Waals surface area contributed by atoms with Gasteiger partial charge >= 0.3 is 0 Å². The minimum atomic E-state index is -0.290. The quantitative estimate of drug-likeness (QED) is 0.604. The van der Waals surface area contributed by atoms with Crippen LogP contribution in [0.1, 0.15) is 21.6 Å². The zero-order chi connectivity index (χ0) is 19.8. The normalized spacial score (nSPS) is 10.5. The maximum atomic E-state index is 12.9. The van der Waals surface area contributed by atoms with Gasteiger partial charge in [0.25, 0.3) is 5.91 Å². The number of rotatable bonds is 8. The van der Waals surface area contributed by atoms with Crippen LogP contribution >= 0.6 is 11.6 Å². The molecule has 2 aromatic carbocycles. The van der Waals surface area contributed by atoms with Gasteiger partial charge in [0.15, 0.2) is 0 Å². The molecule has 28 heavy (non-hydrogen) atoms. The van der Waals surface area contributed by atoms with E-state index in [4.69, 9.17) is 11.6 Å². The number of benzene rings is 2. The molecule has 0 spiro atoms. The Balaban J connectivity index is 1.42. The summed E-state index contributed by atoms with van der Waals surface area (Å²) in [6.07, 6.45) is 4.42. The second-order valence-electron chi connectivity index (χ2n) is 6.22. The summed E-state index contributed by atoms with van der Waals surface area (Å²) >= 11 is 5.87. The van der Waals surface area contributed by atoms with E-state index in [9.17, 15) is 9.18 Å². The van der Waals surface area contributed by atoms with Crippen LogP contribution in [0.15, 0.2) is 60.9 Å². The first-order valence-corrected chi connectivity index (χ1v) is 9.31. The van der Waals surface area contributed by atoms with Crippen LogP contribution in [0.3, 0.4) is 0 Å². The number of nitrogens with zero attached hydrogens (tertiary/aromatic N) is 2. The van der Waals surface area contributed by atoms with E-state index in [1.54, 1.807) is 12.1 Å². The first-order chi connectivity index (χ1) is 13.6. The van der Waals surface area contributed by atoms with Crippen LogP contribution in [0, 0.1) is 5.82 Å². The number of hydrogen-bond donors (Lipinski definition) is 2. The van der Waals surface area contributed by atoms with Crippen molar-refractivity contribution in [3.8, 4) is 0 Å². The third-order valence-electron chi connectivity index (χ3n) is 4.13. The van der Waals surface area contributed by atoms with Gasteiger partial charge < -0.3 is 10.6 Å². The van der Waals surface area contributed by atoms with Crippen LogP contribution in [-0.2, 0) is 12.8 Å². The van der Waals surface area contributed by atoms with E-state index in [0.29, 0.717) is 30.4 Å². The smallest absolute Gasteiger partial charge is 0.271 e. The summed E-state index contributed by atoms with van der Waals surface area (Å²) in [5, 5.41) is 6.68. The lowest BCUT2D eigenvalue weighted by atomic mass is 10.1. The Hall–Kier alpha value is -2.99. The number of anilines is 1. The minimum absolute atomic E-state index is 0.252. The van der Waals surface area contributed by atoms with Gasteiger partial charge in [0, 0.05) is 18.1 Å². The molecule has 2 N–H and O–H groups in total. The third-order valence-corrected chi connectivity index (χ3v) is 4.38. The van der Waals surface area contributed by atoms with Gasteiger partial charge in [-0.2, -0.15) is 0 Å². The lowest BCUT2D eigenvalue weighted by Gasteiger charge is -2.07. The molecule has 0 unspecified atom stereocenters. The summed E-state index contributed by atoms with van der Waals surface area (Å²) in [6, 6.07) is 13.9. The molecule has 3 aromatic rings. The van der Waals surface area contributed by atoms with E-state index in [-0.39, 0.29) is 17.4 Å². The van der Waals surface area contributed by atoms with Crippen molar-refractivity contribution in [1.82, 2.24) is 15.3 Å². The number of aromatic nitrogens is 2. The Morgan fingerprint density at radius 3 is 2.18 bits per heavy atom. The molecule has 0 saturated heterocycles. The van der Waals surface area contributed by atoms with E-state index in [1.807, 2.05) is 24.3 Å². The molecule has 0 bridgehead atoms. The van der Waals surface area contributed by atoms with Crippen molar-refractivity contribution < 1.29 is 9.18 Å². The van der Waals surface area contributed by atoms with Gasteiger partial charge in [-0.3, -0.25) is 4.79 Å². The molecular weight excluding hydrogens is 379 g/mol. The lowest BCUT2D eigenvalue weighted by molar-refractivity contribution is 0.0949. The fourth-order valence-corrected chi connectivity index (χ4v) is 2.71. The standard InChI is InChI=1S/C21H20ClFN4O/c22-17-5-1-15(2-6-17)9-11-24-20-14-26-19(13-27-20)21(28)25-12-10-16-3-7-18(23)8-4-16/h1-8,13-14H,9-12H2,(H,24,27)(H,25,28). The van der Waals surface area contributed by atoms with Crippen LogP contribution < -0.4 is 10.6 Å². The number of carbonyl (C=O) groups is 1.